The van der Waals surface area contributed by atoms with Crippen molar-refractivity contribution < 1.29 is 17.9 Å². The molecule has 1 saturated carbocycles. The lowest BCUT2D eigenvalue weighted by Gasteiger charge is -2.25. The molecule has 0 unspecified atom stereocenters. The maximum atomic E-state index is 15.0. The van der Waals surface area contributed by atoms with Crippen LogP contribution in [-0.4, -0.2) is 39.2 Å². The second-order valence-electron chi connectivity index (χ2n) is 9.18. The molecule has 9 heteroatoms. The van der Waals surface area contributed by atoms with Crippen molar-refractivity contribution in [3.8, 4) is 5.75 Å². The lowest BCUT2D eigenvalue weighted by atomic mass is 10.1. The minimum Gasteiger partial charge on any atom is -0.491 e. The molecule has 34 heavy (non-hydrogen) atoms. The van der Waals surface area contributed by atoms with Crippen LogP contribution in [0.4, 0.5) is 24.7 Å². The lowest BCUT2D eigenvalue weighted by molar-refractivity contribution is 0.0721. The van der Waals surface area contributed by atoms with Gasteiger partial charge in [0.15, 0.2) is 0 Å². The zero-order valence-electron chi connectivity index (χ0n) is 19.4. The summed E-state index contributed by atoms with van der Waals surface area (Å²) in [6.45, 7) is 6.76. The Morgan fingerprint density at radius 1 is 1.06 bits per heavy atom. The Balaban J connectivity index is 0.000000297. The summed E-state index contributed by atoms with van der Waals surface area (Å²) in [6, 6.07) is 11.0. The highest BCUT2D eigenvalue weighted by atomic mass is 19.3. The summed E-state index contributed by atoms with van der Waals surface area (Å²) in [4.78, 5) is 6.73. The molecule has 178 valence electrons. The molecule has 0 saturated heterocycles. The Labute approximate surface area is 195 Å². The minimum absolute atomic E-state index is 0.315. The predicted octanol–water partition coefficient (Wildman–Crippen LogP) is 6.01. The van der Waals surface area contributed by atoms with Crippen molar-refractivity contribution in [3.05, 3.63) is 53.6 Å². The molecule has 6 rings (SSSR count). The van der Waals surface area contributed by atoms with Crippen molar-refractivity contribution in [2.75, 3.05) is 18.1 Å². The van der Waals surface area contributed by atoms with Gasteiger partial charge in [-0.1, -0.05) is 25.1 Å². The molecule has 0 amide bonds. The van der Waals surface area contributed by atoms with Gasteiger partial charge in [0.1, 0.15) is 23.2 Å². The number of aromatic nitrogens is 4. The Bertz CT molecular complexity index is 1370. The first-order valence-electron chi connectivity index (χ1n) is 11.4. The van der Waals surface area contributed by atoms with Crippen LogP contribution in [-0.2, 0) is 0 Å². The number of alkyl halides is 2. The zero-order chi connectivity index (χ0) is 24.0. The van der Waals surface area contributed by atoms with Gasteiger partial charge in [0.05, 0.1) is 23.2 Å². The average Bonchev–Trinajstić information content (AvgIpc) is 3.52. The van der Waals surface area contributed by atoms with Gasteiger partial charge < -0.3 is 9.64 Å². The Morgan fingerprint density at radius 2 is 1.82 bits per heavy atom. The van der Waals surface area contributed by atoms with Crippen molar-refractivity contribution in [1.82, 2.24) is 19.6 Å². The first-order valence-corrected chi connectivity index (χ1v) is 11.4. The minimum atomic E-state index is -2.09. The van der Waals surface area contributed by atoms with E-state index >= 15 is 0 Å². The number of hydrogen-bond acceptors (Lipinski definition) is 5. The van der Waals surface area contributed by atoms with E-state index in [0.717, 1.165) is 23.4 Å². The summed E-state index contributed by atoms with van der Waals surface area (Å²) < 4.78 is 45.9. The SMILES string of the molecule is CC1(C(F)F)CC1.Cc1cccc2c1OCCCN2c1nc2nnc(C)n2c2cccc(F)c12. The topological polar surface area (TPSA) is 55.5 Å². The molecule has 4 aromatic rings. The van der Waals surface area contributed by atoms with E-state index < -0.39 is 11.8 Å². The number of rotatable bonds is 2. The largest absolute Gasteiger partial charge is 0.491 e. The second kappa shape index (κ2) is 8.45. The number of para-hydroxylation sites is 1. The maximum Gasteiger partial charge on any atom is 0.257 e. The number of fused-ring (bicyclic) bond motifs is 4. The van der Waals surface area contributed by atoms with Crippen LogP contribution < -0.4 is 9.64 Å². The lowest BCUT2D eigenvalue weighted by Crippen LogP contribution is -2.20. The number of ether oxygens (including phenoxy) is 1. The third-order valence-electron chi connectivity index (χ3n) is 6.55. The first-order chi connectivity index (χ1) is 16.3. The molecule has 2 aromatic heterocycles. The van der Waals surface area contributed by atoms with E-state index in [2.05, 4.69) is 10.2 Å². The van der Waals surface area contributed by atoms with Crippen molar-refractivity contribution >= 4 is 28.2 Å². The summed E-state index contributed by atoms with van der Waals surface area (Å²) in [5.74, 6) is 2.18. The van der Waals surface area contributed by atoms with Crippen LogP contribution in [0.3, 0.4) is 0 Å². The van der Waals surface area contributed by atoms with Crippen molar-refractivity contribution in [2.45, 2.75) is 46.5 Å². The number of aryl methyl sites for hydroxylation is 2. The molecule has 2 aliphatic rings. The van der Waals surface area contributed by atoms with E-state index in [0.29, 0.717) is 54.3 Å². The standard InChI is InChI=1S/C20H18FN5O.C5H8F2/c1-12-6-3-9-16-18(12)27-11-5-10-25(16)19-17-14(21)7-4-8-15(17)26-13(2)23-24-20(26)22-19;1-5(2-3-5)4(6)7/h3-4,6-9H,5,10-11H2,1-2H3;4H,2-3H2,1H3. The number of anilines is 2. The Hall–Kier alpha value is -3.36. The molecule has 3 heterocycles. The van der Waals surface area contributed by atoms with Gasteiger partial charge in [0.25, 0.3) is 5.78 Å². The quantitative estimate of drug-likeness (QED) is 0.360. The Kier molecular flexibility index (Phi) is 5.58. The summed E-state index contributed by atoms with van der Waals surface area (Å²) in [6.07, 6.45) is 0.144. The first kappa shape index (κ1) is 22.4. The molecule has 6 nitrogen and oxygen atoms in total. The van der Waals surface area contributed by atoms with E-state index in [1.165, 1.54) is 6.07 Å². The number of halogens is 3. The van der Waals surface area contributed by atoms with Gasteiger partial charge in [-0.2, -0.15) is 4.98 Å². The summed E-state index contributed by atoms with van der Waals surface area (Å²) >= 11 is 0. The van der Waals surface area contributed by atoms with Gasteiger partial charge in [-0.3, -0.25) is 4.40 Å². The molecule has 1 aliphatic carbocycles. The Morgan fingerprint density at radius 3 is 2.53 bits per heavy atom. The predicted molar refractivity (Wildman–Crippen MR) is 125 cm³/mol. The number of benzene rings is 2. The summed E-state index contributed by atoms with van der Waals surface area (Å²) in [7, 11) is 0. The van der Waals surface area contributed by atoms with Gasteiger partial charge in [0.2, 0.25) is 6.43 Å². The highest BCUT2D eigenvalue weighted by molar-refractivity contribution is 5.94. The van der Waals surface area contributed by atoms with Gasteiger partial charge in [-0.15, -0.1) is 10.2 Å². The van der Waals surface area contributed by atoms with Gasteiger partial charge in [-0.05, 0) is 56.9 Å². The fraction of sp³-hybridized carbons (Fsp3) is 0.400. The van der Waals surface area contributed by atoms with E-state index in [4.69, 9.17) is 9.72 Å². The fourth-order valence-corrected chi connectivity index (χ4v) is 4.16. The van der Waals surface area contributed by atoms with Crippen LogP contribution in [0.15, 0.2) is 36.4 Å². The molecule has 0 radical (unpaired) electrons. The van der Waals surface area contributed by atoms with Crippen molar-refractivity contribution in [1.29, 1.82) is 0 Å². The molecular weight excluding hydrogens is 443 g/mol. The average molecular weight is 470 g/mol. The third kappa shape index (κ3) is 3.82. The van der Waals surface area contributed by atoms with Gasteiger partial charge in [-0.25, -0.2) is 13.2 Å². The van der Waals surface area contributed by atoms with Crippen LogP contribution in [0.2, 0.25) is 0 Å². The van der Waals surface area contributed by atoms with Crippen molar-refractivity contribution in [2.24, 2.45) is 5.41 Å². The van der Waals surface area contributed by atoms with Gasteiger partial charge >= 0.3 is 0 Å². The zero-order valence-corrected chi connectivity index (χ0v) is 19.4. The fourth-order valence-electron chi connectivity index (χ4n) is 4.16. The van der Waals surface area contributed by atoms with E-state index in [1.54, 1.807) is 17.4 Å². The third-order valence-corrected chi connectivity index (χ3v) is 6.55. The molecular formula is C25H26F3N5O. The number of nitrogens with zero attached hydrogens (tertiary/aromatic N) is 5. The molecule has 1 aliphatic heterocycles. The van der Waals surface area contributed by atoms with Gasteiger partial charge in [0, 0.05) is 12.0 Å². The molecule has 0 spiro atoms. The van der Waals surface area contributed by atoms with Crippen LogP contribution in [0.25, 0.3) is 16.7 Å². The summed E-state index contributed by atoms with van der Waals surface area (Å²) in [5, 5.41) is 8.76. The van der Waals surface area contributed by atoms with Crippen LogP contribution in [0.5, 0.6) is 5.75 Å². The number of hydrogen-bond donors (Lipinski definition) is 0. The summed E-state index contributed by atoms with van der Waals surface area (Å²) in [5.41, 5.74) is 2.06. The van der Waals surface area contributed by atoms with Crippen LogP contribution >= 0.6 is 0 Å². The van der Waals surface area contributed by atoms with Crippen LogP contribution in [0, 0.1) is 25.1 Å². The van der Waals surface area contributed by atoms with Crippen molar-refractivity contribution in [3.63, 3.8) is 0 Å². The van der Waals surface area contributed by atoms with Crippen LogP contribution in [0.1, 0.15) is 37.6 Å². The highest BCUT2D eigenvalue weighted by Crippen LogP contribution is 2.49. The molecule has 0 bridgehead atoms. The smallest absolute Gasteiger partial charge is 0.257 e. The monoisotopic (exact) mass is 469 g/mol. The van der Waals surface area contributed by atoms with E-state index in [1.807, 2.05) is 43.0 Å². The van der Waals surface area contributed by atoms with E-state index in [9.17, 15) is 13.2 Å². The highest BCUT2D eigenvalue weighted by Gasteiger charge is 2.46. The normalized spacial score (nSPS) is 16.6. The molecule has 0 atom stereocenters. The second-order valence-corrected chi connectivity index (χ2v) is 9.18. The molecule has 2 aromatic carbocycles. The maximum absolute atomic E-state index is 15.0. The van der Waals surface area contributed by atoms with E-state index in [-0.39, 0.29) is 5.82 Å². The molecule has 1 fully saturated rings. The molecule has 0 N–H and O–H groups in total.